The number of nitro groups is 1. The van der Waals surface area contributed by atoms with E-state index in [9.17, 15) is 27.7 Å². The van der Waals surface area contributed by atoms with Gasteiger partial charge in [0.25, 0.3) is 0 Å². The molecule has 0 saturated carbocycles. The zero-order valence-electron chi connectivity index (χ0n) is 13.0. The Labute approximate surface area is 143 Å². The first-order valence-corrected chi connectivity index (χ1v) is 7.33. The van der Waals surface area contributed by atoms with Gasteiger partial charge in [0.05, 0.1) is 6.04 Å². The first-order valence-electron chi connectivity index (χ1n) is 7.33. The van der Waals surface area contributed by atoms with Crippen LogP contribution in [-0.2, 0) is 13.1 Å². The molecule has 1 aliphatic rings. The van der Waals surface area contributed by atoms with Crippen LogP contribution in [0, 0.1) is 15.9 Å². The summed E-state index contributed by atoms with van der Waals surface area (Å²) in [5, 5.41) is 13.7. The minimum atomic E-state index is -4.97. The van der Waals surface area contributed by atoms with Crippen LogP contribution in [0.1, 0.15) is 5.56 Å². The molecule has 3 rings (SSSR count). The van der Waals surface area contributed by atoms with E-state index in [1.54, 1.807) is 0 Å². The van der Waals surface area contributed by atoms with Gasteiger partial charge in [-0.1, -0.05) is 6.07 Å². The van der Waals surface area contributed by atoms with Gasteiger partial charge in [-0.15, -0.1) is 13.2 Å². The topological polar surface area (TPSA) is 91.5 Å². The average Bonchev–Trinajstić information content (AvgIpc) is 2.97. The van der Waals surface area contributed by atoms with E-state index in [1.807, 2.05) is 0 Å². The van der Waals surface area contributed by atoms with Crippen LogP contribution in [0.3, 0.4) is 0 Å². The van der Waals surface area contributed by atoms with Crippen molar-refractivity contribution in [1.29, 1.82) is 0 Å². The minimum Gasteiger partial charge on any atom is -0.444 e. The summed E-state index contributed by atoms with van der Waals surface area (Å²) in [4.78, 5) is 13.8. The fraction of sp³-hybridized carbons (Fsp3) is 0.357. The number of nitrogens with zero attached hydrogens (tertiary/aromatic N) is 3. The second kappa shape index (κ2) is 6.78. The highest BCUT2D eigenvalue weighted by Crippen LogP contribution is 2.26. The van der Waals surface area contributed by atoms with E-state index >= 15 is 0 Å². The van der Waals surface area contributed by atoms with Gasteiger partial charge in [-0.2, -0.15) is 0 Å². The monoisotopic (exact) mass is 376 g/mol. The van der Waals surface area contributed by atoms with E-state index in [-0.39, 0.29) is 31.0 Å². The third kappa shape index (κ3) is 4.20. The number of nitrogens with one attached hydrogen (secondary N) is 1. The van der Waals surface area contributed by atoms with Crippen molar-refractivity contribution in [2.75, 3.05) is 6.61 Å². The third-order valence-corrected chi connectivity index (χ3v) is 3.56. The van der Waals surface area contributed by atoms with Crippen LogP contribution in [-0.4, -0.2) is 33.5 Å². The highest BCUT2D eigenvalue weighted by Gasteiger charge is 2.32. The number of alkyl halides is 3. The molecular weight excluding hydrogens is 364 g/mol. The lowest BCUT2D eigenvalue weighted by molar-refractivity contribution is -0.389. The molecule has 1 aliphatic heterocycles. The van der Waals surface area contributed by atoms with Gasteiger partial charge in [0.15, 0.2) is 11.6 Å². The SMILES string of the molecule is O=[N+]([O-])c1cn2c(n1)OC[C@@H](NCc1ccc(OC(F)(F)F)c(F)c1)C2. The first kappa shape index (κ1) is 17.9. The Bertz CT molecular complexity index is 824. The van der Waals surface area contributed by atoms with Crippen LogP contribution in [0.5, 0.6) is 11.8 Å². The van der Waals surface area contributed by atoms with Crippen molar-refractivity contribution in [2.45, 2.75) is 25.5 Å². The maximum absolute atomic E-state index is 13.7. The number of imidazole rings is 1. The third-order valence-electron chi connectivity index (χ3n) is 3.56. The van der Waals surface area contributed by atoms with Gasteiger partial charge in [0, 0.05) is 18.1 Å². The van der Waals surface area contributed by atoms with Crippen LogP contribution >= 0.6 is 0 Å². The van der Waals surface area contributed by atoms with Crippen molar-refractivity contribution >= 4 is 5.82 Å². The number of ether oxygens (including phenoxy) is 2. The number of halogens is 4. The Morgan fingerprint density at radius 2 is 2.23 bits per heavy atom. The summed E-state index contributed by atoms with van der Waals surface area (Å²) < 4.78 is 60.4. The summed E-state index contributed by atoms with van der Waals surface area (Å²) in [5.74, 6) is -2.37. The fourth-order valence-electron chi connectivity index (χ4n) is 2.43. The van der Waals surface area contributed by atoms with Crippen LogP contribution in [0.4, 0.5) is 23.4 Å². The van der Waals surface area contributed by atoms with Crippen molar-refractivity contribution in [2.24, 2.45) is 0 Å². The smallest absolute Gasteiger partial charge is 0.444 e. The maximum Gasteiger partial charge on any atom is 0.573 e. The van der Waals surface area contributed by atoms with Crippen molar-refractivity contribution in [1.82, 2.24) is 14.9 Å². The Hall–Kier alpha value is -2.89. The average molecular weight is 376 g/mol. The maximum atomic E-state index is 13.7. The molecule has 0 aliphatic carbocycles. The molecule has 0 unspecified atom stereocenters. The summed E-state index contributed by atoms with van der Waals surface area (Å²) in [7, 11) is 0. The standard InChI is InChI=1S/C14H12F4N4O4/c15-10-3-8(1-2-11(10)26-14(16,17)18)4-19-9-5-21-6-12(22(23)24)20-13(21)25-7-9/h1-3,6,9,19H,4-5,7H2/t9-/m0/s1. The van der Waals surface area contributed by atoms with Crippen molar-refractivity contribution < 1.29 is 32.0 Å². The number of rotatable bonds is 5. The molecule has 26 heavy (non-hydrogen) atoms. The van der Waals surface area contributed by atoms with Crippen LogP contribution < -0.4 is 14.8 Å². The highest BCUT2D eigenvalue weighted by molar-refractivity contribution is 5.29. The number of fused-ring (bicyclic) bond motifs is 1. The van der Waals surface area contributed by atoms with E-state index < -0.39 is 22.9 Å². The molecule has 0 bridgehead atoms. The van der Waals surface area contributed by atoms with E-state index in [2.05, 4.69) is 15.0 Å². The Morgan fingerprint density at radius 1 is 1.46 bits per heavy atom. The zero-order chi connectivity index (χ0) is 18.9. The van der Waals surface area contributed by atoms with Gasteiger partial charge in [0.2, 0.25) is 0 Å². The van der Waals surface area contributed by atoms with Gasteiger partial charge in [-0.05, 0) is 22.6 Å². The molecule has 1 N–H and O–H groups in total. The normalized spacial score (nSPS) is 16.7. The molecule has 1 aromatic carbocycles. The van der Waals surface area contributed by atoms with Gasteiger partial charge in [-0.25, -0.2) is 4.39 Å². The second-order valence-electron chi connectivity index (χ2n) is 5.49. The van der Waals surface area contributed by atoms with Gasteiger partial charge >= 0.3 is 18.2 Å². The molecule has 2 aromatic rings. The summed E-state index contributed by atoms with van der Waals surface area (Å²) in [6.45, 7) is 0.684. The number of benzene rings is 1. The largest absolute Gasteiger partial charge is 0.573 e. The quantitative estimate of drug-likeness (QED) is 0.490. The van der Waals surface area contributed by atoms with Gasteiger partial charge < -0.3 is 24.9 Å². The Morgan fingerprint density at radius 3 is 2.88 bits per heavy atom. The van der Waals surface area contributed by atoms with Crippen molar-refractivity contribution in [3.05, 3.63) is 45.9 Å². The van der Waals surface area contributed by atoms with Gasteiger partial charge in [0.1, 0.15) is 12.8 Å². The fourth-order valence-corrected chi connectivity index (χ4v) is 2.43. The predicted octanol–water partition coefficient (Wildman–Crippen LogP) is 2.38. The van der Waals surface area contributed by atoms with E-state index in [0.29, 0.717) is 12.1 Å². The molecule has 1 aromatic heterocycles. The number of aromatic nitrogens is 2. The molecular formula is C14H12F4N4O4. The lowest BCUT2D eigenvalue weighted by Gasteiger charge is -2.23. The Kier molecular flexibility index (Phi) is 4.68. The molecule has 2 heterocycles. The molecule has 140 valence electrons. The van der Waals surface area contributed by atoms with Crippen LogP contribution in [0.2, 0.25) is 0 Å². The lowest BCUT2D eigenvalue weighted by atomic mass is 10.2. The van der Waals surface area contributed by atoms with Gasteiger partial charge in [-0.3, -0.25) is 4.57 Å². The Balaban J connectivity index is 1.59. The van der Waals surface area contributed by atoms with E-state index in [1.165, 1.54) is 16.8 Å². The molecule has 0 spiro atoms. The number of hydrogen-bond acceptors (Lipinski definition) is 6. The van der Waals surface area contributed by atoms with Crippen molar-refractivity contribution in [3.63, 3.8) is 0 Å². The summed E-state index contributed by atoms with van der Waals surface area (Å²) >= 11 is 0. The molecule has 1 atom stereocenters. The molecule has 0 radical (unpaired) electrons. The minimum absolute atomic E-state index is 0.134. The molecule has 12 heteroatoms. The predicted molar refractivity (Wildman–Crippen MR) is 78.1 cm³/mol. The summed E-state index contributed by atoms with van der Waals surface area (Å²) in [6.07, 6.45) is -3.72. The van der Waals surface area contributed by atoms with Crippen LogP contribution in [0.25, 0.3) is 0 Å². The second-order valence-corrected chi connectivity index (χ2v) is 5.49. The molecule has 0 amide bonds. The first-order chi connectivity index (χ1) is 12.2. The van der Waals surface area contributed by atoms with E-state index in [0.717, 1.165) is 12.1 Å². The molecule has 0 saturated heterocycles. The highest BCUT2D eigenvalue weighted by atomic mass is 19.4. The van der Waals surface area contributed by atoms with Crippen LogP contribution in [0.15, 0.2) is 24.4 Å². The lowest BCUT2D eigenvalue weighted by Crippen LogP contribution is -2.41. The summed E-state index contributed by atoms with van der Waals surface area (Å²) in [5.41, 5.74) is 0.402. The number of hydrogen-bond donors (Lipinski definition) is 1. The zero-order valence-corrected chi connectivity index (χ0v) is 13.0. The molecule has 0 fully saturated rings. The molecule has 8 nitrogen and oxygen atoms in total. The van der Waals surface area contributed by atoms with E-state index in [4.69, 9.17) is 4.74 Å². The van der Waals surface area contributed by atoms with Crippen molar-refractivity contribution in [3.8, 4) is 11.8 Å². The summed E-state index contributed by atoms with van der Waals surface area (Å²) in [6, 6.07) is 3.02.